The first kappa shape index (κ1) is 10.1. The fraction of sp³-hybridized carbons (Fsp3) is 0.133. The minimum Gasteiger partial charge on any atom is -0.347 e. The van der Waals surface area contributed by atoms with Gasteiger partial charge in [0.1, 0.15) is 0 Å². The summed E-state index contributed by atoms with van der Waals surface area (Å²) in [5.41, 5.74) is 2.44. The molecule has 0 fully saturated rings. The van der Waals surface area contributed by atoms with Crippen LogP contribution in [0.15, 0.2) is 60.9 Å². The molecule has 0 N–H and O–H groups in total. The fourth-order valence-electron chi connectivity index (χ4n) is 2.12. The van der Waals surface area contributed by atoms with Gasteiger partial charge in [-0.25, -0.2) is 0 Å². The average Bonchev–Trinajstić information content (AvgIpc) is 2.81. The number of benzene rings is 1. The third kappa shape index (κ3) is 2.07. The number of hydrogen-bond donors (Lipinski definition) is 0. The lowest BCUT2D eigenvalue weighted by Crippen LogP contribution is -2.00. The molecule has 0 spiro atoms. The molecule has 0 saturated heterocycles. The third-order valence-electron chi connectivity index (χ3n) is 3.02. The quantitative estimate of drug-likeness (QED) is 0.665. The maximum absolute atomic E-state index is 4.34. The number of para-hydroxylation sites is 1. The molecule has 0 aliphatic rings. The number of aromatic nitrogens is 2. The Balaban J connectivity index is 1.82. The lowest BCUT2D eigenvalue weighted by molar-refractivity contribution is 0.710. The van der Waals surface area contributed by atoms with Crippen LogP contribution in [-0.4, -0.2) is 9.55 Å². The molecule has 0 bridgehead atoms. The fourth-order valence-corrected chi connectivity index (χ4v) is 2.12. The van der Waals surface area contributed by atoms with Gasteiger partial charge in [0.15, 0.2) is 0 Å². The van der Waals surface area contributed by atoms with E-state index in [0.717, 1.165) is 18.7 Å². The summed E-state index contributed by atoms with van der Waals surface area (Å²) in [7, 11) is 0. The molecule has 0 saturated carbocycles. The van der Waals surface area contributed by atoms with E-state index in [0.29, 0.717) is 0 Å². The van der Waals surface area contributed by atoms with Crippen molar-refractivity contribution in [3.8, 4) is 0 Å². The van der Waals surface area contributed by atoms with Crippen molar-refractivity contribution in [3.63, 3.8) is 0 Å². The van der Waals surface area contributed by atoms with Crippen LogP contribution >= 0.6 is 0 Å². The van der Waals surface area contributed by atoms with Crippen LogP contribution in [0.3, 0.4) is 0 Å². The van der Waals surface area contributed by atoms with Gasteiger partial charge in [0, 0.05) is 36.6 Å². The summed E-state index contributed by atoms with van der Waals surface area (Å²) < 4.78 is 2.28. The molecule has 2 nitrogen and oxygen atoms in total. The molecule has 0 amide bonds. The highest BCUT2D eigenvalue weighted by Gasteiger charge is 2.00. The number of rotatable bonds is 3. The molecule has 0 aliphatic carbocycles. The Morgan fingerprint density at radius 3 is 2.71 bits per heavy atom. The van der Waals surface area contributed by atoms with Crippen molar-refractivity contribution in [1.82, 2.24) is 9.55 Å². The molecule has 17 heavy (non-hydrogen) atoms. The summed E-state index contributed by atoms with van der Waals surface area (Å²) >= 11 is 0. The predicted molar refractivity (Wildman–Crippen MR) is 69.9 cm³/mol. The average molecular weight is 222 g/mol. The Hall–Kier alpha value is -2.09. The number of aryl methyl sites for hydroxylation is 2. The lowest BCUT2D eigenvalue weighted by atomic mass is 10.2. The van der Waals surface area contributed by atoms with Gasteiger partial charge < -0.3 is 4.57 Å². The second-order valence-electron chi connectivity index (χ2n) is 4.14. The van der Waals surface area contributed by atoms with Crippen molar-refractivity contribution in [2.75, 3.05) is 0 Å². The van der Waals surface area contributed by atoms with Crippen LogP contribution in [0.25, 0.3) is 10.9 Å². The summed E-state index contributed by atoms with van der Waals surface area (Å²) in [4.78, 5) is 4.34. The molecule has 84 valence electrons. The molecule has 0 aliphatic heterocycles. The van der Waals surface area contributed by atoms with Crippen molar-refractivity contribution in [3.05, 3.63) is 66.6 Å². The monoisotopic (exact) mass is 222 g/mol. The largest absolute Gasteiger partial charge is 0.347 e. The van der Waals surface area contributed by atoms with E-state index >= 15 is 0 Å². The van der Waals surface area contributed by atoms with Gasteiger partial charge in [0.25, 0.3) is 0 Å². The molecule has 2 heteroatoms. The topological polar surface area (TPSA) is 17.8 Å². The molecular formula is C15H14N2. The van der Waals surface area contributed by atoms with E-state index in [2.05, 4.69) is 52.1 Å². The van der Waals surface area contributed by atoms with Gasteiger partial charge in [-0.1, -0.05) is 24.3 Å². The van der Waals surface area contributed by atoms with Crippen molar-refractivity contribution < 1.29 is 0 Å². The van der Waals surface area contributed by atoms with E-state index in [9.17, 15) is 0 Å². The maximum atomic E-state index is 4.34. The normalized spacial score (nSPS) is 10.8. The van der Waals surface area contributed by atoms with Gasteiger partial charge in [0.2, 0.25) is 0 Å². The number of hydrogen-bond acceptors (Lipinski definition) is 1. The first-order chi connectivity index (χ1) is 8.43. The van der Waals surface area contributed by atoms with Crippen LogP contribution < -0.4 is 0 Å². The van der Waals surface area contributed by atoms with Crippen molar-refractivity contribution in [2.45, 2.75) is 13.0 Å². The number of pyridine rings is 1. The van der Waals surface area contributed by atoms with E-state index in [4.69, 9.17) is 0 Å². The third-order valence-corrected chi connectivity index (χ3v) is 3.02. The Kier molecular flexibility index (Phi) is 2.62. The SMILES string of the molecule is c1ccc(CCn2ccc3ccccc32)nc1. The summed E-state index contributed by atoms with van der Waals surface area (Å²) in [6, 6.07) is 16.7. The highest BCUT2D eigenvalue weighted by Crippen LogP contribution is 2.15. The van der Waals surface area contributed by atoms with Gasteiger partial charge in [0.05, 0.1) is 0 Å². The molecule has 2 heterocycles. The summed E-state index contributed by atoms with van der Waals surface area (Å²) in [5, 5.41) is 1.30. The highest BCUT2D eigenvalue weighted by atomic mass is 14.9. The second kappa shape index (κ2) is 4.42. The molecular weight excluding hydrogens is 208 g/mol. The van der Waals surface area contributed by atoms with Gasteiger partial charge in [-0.3, -0.25) is 4.98 Å². The van der Waals surface area contributed by atoms with Gasteiger partial charge in [-0.2, -0.15) is 0 Å². The van der Waals surface area contributed by atoms with E-state index in [1.165, 1.54) is 10.9 Å². The molecule has 0 atom stereocenters. The summed E-state index contributed by atoms with van der Waals surface area (Å²) in [6.07, 6.45) is 4.97. The Morgan fingerprint density at radius 1 is 0.941 bits per heavy atom. The van der Waals surface area contributed by atoms with Crippen molar-refractivity contribution in [2.24, 2.45) is 0 Å². The second-order valence-corrected chi connectivity index (χ2v) is 4.14. The first-order valence-corrected chi connectivity index (χ1v) is 5.87. The zero-order valence-corrected chi connectivity index (χ0v) is 9.58. The standard InChI is InChI=1S/C15H14N2/c1-2-7-15-13(5-1)8-11-17(15)12-9-14-6-3-4-10-16-14/h1-8,10-11H,9,12H2. The number of fused-ring (bicyclic) bond motifs is 1. The van der Waals surface area contributed by atoms with Crippen LogP contribution in [0, 0.1) is 0 Å². The Morgan fingerprint density at radius 2 is 1.82 bits per heavy atom. The summed E-state index contributed by atoms with van der Waals surface area (Å²) in [6.45, 7) is 0.977. The first-order valence-electron chi connectivity index (χ1n) is 5.87. The summed E-state index contributed by atoms with van der Waals surface area (Å²) in [5.74, 6) is 0. The van der Waals surface area contributed by atoms with Gasteiger partial charge >= 0.3 is 0 Å². The minimum atomic E-state index is 0.972. The molecule has 0 unspecified atom stereocenters. The van der Waals surface area contributed by atoms with Crippen LogP contribution in [-0.2, 0) is 13.0 Å². The zero-order chi connectivity index (χ0) is 11.5. The Labute approximate surface area is 101 Å². The molecule has 1 aromatic carbocycles. The molecule has 3 rings (SSSR count). The molecule has 3 aromatic rings. The van der Waals surface area contributed by atoms with E-state index in [1.807, 2.05) is 18.3 Å². The van der Waals surface area contributed by atoms with E-state index < -0.39 is 0 Å². The molecule has 0 radical (unpaired) electrons. The van der Waals surface area contributed by atoms with Crippen LogP contribution in [0.4, 0.5) is 0 Å². The number of nitrogens with zero attached hydrogens (tertiary/aromatic N) is 2. The van der Waals surface area contributed by atoms with Crippen LogP contribution in [0.2, 0.25) is 0 Å². The molecule has 2 aromatic heterocycles. The zero-order valence-electron chi connectivity index (χ0n) is 9.58. The predicted octanol–water partition coefficient (Wildman–Crippen LogP) is 3.28. The lowest BCUT2D eigenvalue weighted by Gasteiger charge is -2.04. The van der Waals surface area contributed by atoms with Crippen molar-refractivity contribution in [1.29, 1.82) is 0 Å². The van der Waals surface area contributed by atoms with Crippen molar-refractivity contribution >= 4 is 10.9 Å². The van der Waals surface area contributed by atoms with Gasteiger partial charge in [-0.05, 0) is 29.7 Å². The van der Waals surface area contributed by atoms with Crippen LogP contribution in [0.1, 0.15) is 5.69 Å². The minimum absolute atomic E-state index is 0.972. The van der Waals surface area contributed by atoms with Gasteiger partial charge in [-0.15, -0.1) is 0 Å². The highest BCUT2D eigenvalue weighted by molar-refractivity contribution is 5.79. The maximum Gasteiger partial charge on any atom is 0.0480 e. The smallest absolute Gasteiger partial charge is 0.0480 e. The van der Waals surface area contributed by atoms with E-state index in [-0.39, 0.29) is 0 Å². The van der Waals surface area contributed by atoms with Crippen LogP contribution in [0.5, 0.6) is 0 Å². The van der Waals surface area contributed by atoms with E-state index in [1.54, 1.807) is 0 Å². The Bertz CT molecular complexity index is 611.